The molecule has 0 aliphatic heterocycles. The van der Waals surface area contributed by atoms with E-state index in [0.717, 1.165) is 5.56 Å². The maximum absolute atomic E-state index is 10.6. The van der Waals surface area contributed by atoms with E-state index in [9.17, 15) is 4.79 Å². The van der Waals surface area contributed by atoms with Crippen molar-refractivity contribution >= 4 is 28.7 Å². The molecule has 0 saturated heterocycles. The number of nitrogens with two attached hydrogens (primary N) is 1. The van der Waals surface area contributed by atoms with E-state index >= 15 is 0 Å². The quantitative estimate of drug-likeness (QED) is 0.428. The Morgan fingerprint density at radius 3 is 2.54 bits per heavy atom. The molecule has 0 fully saturated rings. The van der Waals surface area contributed by atoms with Crippen molar-refractivity contribution < 1.29 is 9.90 Å². The maximum Gasteiger partial charge on any atom is 0.337 e. The fraction of sp³-hybridized carbons (Fsp3) is 0.111. The highest BCUT2D eigenvalue weighted by molar-refractivity contribution is 7.80. The van der Waals surface area contributed by atoms with Crippen LogP contribution in [0.25, 0.3) is 0 Å². The summed E-state index contributed by atoms with van der Waals surface area (Å²) in [5.41, 5.74) is 6.66. The molecule has 1 aromatic carbocycles. The first-order valence-electron chi connectivity index (χ1n) is 3.66. The van der Waals surface area contributed by atoms with Gasteiger partial charge in [-0.05, 0) is 24.6 Å². The molecule has 0 aromatic heterocycles. The molecular weight excluding hydrogens is 186 g/mol. The van der Waals surface area contributed by atoms with Crippen LogP contribution in [0.3, 0.4) is 0 Å². The van der Waals surface area contributed by atoms with Crippen molar-refractivity contribution in [2.45, 2.75) is 6.92 Å². The van der Waals surface area contributed by atoms with Crippen LogP contribution in [0.1, 0.15) is 22.8 Å². The summed E-state index contributed by atoms with van der Waals surface area (Å²) in [5.74, 6) is -1.02. The van der Waals surface area contributed by atoms with Gasteiger partial charge in [0.2, 0.25) is 0 Å². The molecule has 3 N–H and O–H groups in total. The van der Waals surface area contributed by atoms with Crippen LogP contribution < -0.4 is 5.73 Å². The molecule has 0 spiro atoms. The molecule has 3 nitrogen and oxygen atoms in total. The van der Waals surface area contributed by atoms with E-state index in [0.29, 0.717) is 4.86 Å². The van der Waals surface area contributed by atoms with E-state index < -0.39 is 5.97 Å². The van der Waals surface area contributed by atoms with E-state index in [1.54, 1.807) is 19.1 Å². The zero-order chi connectivity index (χ0) is 10.0. The molecule has 0 atom stereocenters. The van der Waals surface area contributed by atoms with Gasteiger partial charge in [-0.15, -0.1) is 0 Å². The Kier molecular flexibility index (Phi) is 2.63. The van der Waals surface area contributed by atoms with E-state index in [4.69, 9.17) is 23.1 Å². The number of carboxylic acids is 1. The Labute approximate surface area is 81.2 Å². The smallest absolute Gasteiger partial charge is 0.337 e. The fourth-order valence-electron chi connectivity index (χ4n) is 0.976. The van der Waals surface area contributed by atoms with Crippen molar-refractivity contribution in [1.82, 2.24) is 0 Å². The predicted octanol–water partition coefficient (Wildman–Crippen LogP) is 1.70. The Balaban J connectivity index is 3.20. The normalized spacial score (nSPS) is 9.62. The van der Waals surface area contributed by atoms with Crippen LogP contribution in [0.4, 0.5) is 5.69 Å². The number of hydrogen-bond acceptors (Lipinski definition) is 3. The van der Waals surface area contributed by atoms with E-state index in [1.807, 2.05) is 0 Å². The van der Waals surface area contributed by atoms with Crippen molar-refractivity contribution in [3.63, 3.8) is 0 Å². The highest BCUT2D eigenvalue weighted by atomic mass is 32.1. The molecule has 1 rings (SSSR count). The zero-order valence-corrected chi connectivity index (χ0v) is 7.89. The van der Waals surface area contributed by atoms with E-state index in [2.05, 4.69) is 0 Å². The van der Waals surface area contributed by atoms with Gasteiger partial charge in [0.1, 0.15) is 0 Å². The van der Waals surface area contributed by atoms with Gasteiger partial charge < -0.3 is 10.8 Å². The number of hydrogen-bond donors (Lipinski definition) is 2. The molecule has 4 heteroatoms. The van der Waals surface area contributed by atoms with Crippen LogP contribution in [-0.2, 0) is 0 Å². The fourth-order valence-corrected chi connectivity index (χ4v) is 1.10. The topological polar surface area (TPSA) is 63.3 Å². The minimum Gasteiger partial charge on any atom is -0.478 e. The van der Waals surface area contributed by atoms with Crippen molar-refractivity contribution in [3.05, 3.63) is 29.3 Å². The van der Waals surface area contributed by atoms with Crippen molar-refractivity contribution in [1.29, 1.82) is 0 Å². The second kappa shape index (κ2) is 3.53. The number of anilines is 1. The van der Waals surface area contributed by atoms with Gasteiger partial charge in [0.05, 0.1) is 5.56 Å². The first kappa shape index (κ1) is 9.67. The van der Waals surface area contributed by atoms with Gasteiger partial charge in [0.15, 0.2) is 0 Å². The number of carbonyl (C=O) groups is 1. The number of rotatable bonds is 2. The molecule has 0 heterocycles. The summed E-state index contributed by atoms with van der Waals surface area (Å²) < 4.78 is 0. The van der Waals surface area contributed by atoms with Crippen molar-refractivity contribution in [2.75, 3.05) is 5.73 Å². The molecule has 0 amide bonds. The van der Waals surface area contributed by atoms with Gasteiger partial charge in [-0.3, -0.25) is 0 Å². The molecule has 0 bridgehead atoms. The third-order valence-electron chi connectivity index (χ3n) is 1.69. The highest BCUT2D eigenvalue weighted by Crippen LogP contribution is 2.14. The second-order valence-corrected chi connectivity index (χ2v) is 3.28. The number of nitrogen functional groups attached to an aromatic ring is 1. The average Bonchev–Trinajstić information content (AvgIpc) is 2.03. The lowest BCUT2D eigenvalue weighted by atomic mass is 10.1. The van der Waals surface area contributed by atoms with E-state index in [-0.39, 0.29) is 11.3 Å². The minimum absolute atomic E-state index is 0.111. The first-order valence-corrected chi connectivity index (χ1v) is 4.07. The molecule has 0 aliphatic rings. The maximum atomic E-state index is 10.6. The largest absolute Gasteiger partial charge is 0.478 e. The van der Waals surface area contributed by atoms with Gasteiger partial charge in [-0.1, -0.05) is 18.3 Å². The van der Waals surface area contributed by atoms with Crippen LogP contribution in [0.5, 0.6) is 0 Å². The van der Waals surface area contributed by atoms with Crippen LogP contribution >= 0.6 is 12.2 Å². The third-order valence-corrected chi connectivity index (χ3v) is 1.92. The number of benzene rings is 1. The third kappa shape index (κ3) is 2.03. The molecule has 13 heavy (non-hydrogen) atoms. The zero-order valence-electron chi connectivity index (χ0n) is 7.07. The summed E-state index contributed by atoms with van der Waals surface area (Å²) in [6.45, 7) is 1.77. The molecule has 0 saturated carbocycles. The van der Waals surface area contributed by atoms with Gasteiger partial charge in [-0.2, -0.15) is 0 Å². The van der Waals surface area contributed by atoms with Crippen LogP contribution in [0.15, 0.2) is 18.2 Å². The molecule has 0 radical (unpaired) electrons. The Hall–Kier alpha value is -1.42. The molecule has 1 aromatic rings. The summed E-state index contributed by atoms with van der Waals surface area (Å²) in [4.78, 5) is 11.3. The standard InChI is InChI=1S/C9H9NO2S/c1-5(13)6-2-3-7(9(11)12)8(10)4-6/h2-4H,10H2,1H3,(H,11,12). The lowest BCUT2D eigenvalue weighted by Crippen LogP contribution is -2.03. The summed E-state index contributed by atoms with van der Waals surface area (Å²) in [6.07, 6.45) is 0. The van der Waals surface area contributed by atoms with Crippen LogP contribution in [0.2, 0.25) is 0 Å². The van der Waals surface area contributed by atoms with Gasteiger partial charge in [0.25, 0.3) is 0 Å². The van der Waals surface area contributed by atoms with Gasteiger partial charge in [0, 0.05) is 10.6 Å². The highest BCUT2D eigenvalue weighted by Gasteiger charge is 2.07. The Bertz CT molecular complexity index is 374. The minimum atomic E-state index is -1.02. The van der Waals surface area contributed by atoms with E-state index in [1.165, 1.54) is 6.07 Å². The SMILES string of the molecule is CC(=S)c1ccc(C(=O)O)c(N)c1. The Morgan fingerprint density at radius 2 is 2.15 bits per heavy atom. The molecule has 0 unspecified atom stereocenters. The molecule has 0 aliphatic carbocycles. The summed E-state index contributed by atoms with van der Waals surface area (Å²) >= 11 is 4.93. The second-order valence-electron chi connectivity index (χ2n) is 2.66. The molecular formula is C9H9NO2S. The summed E-state index contributed by atoms with van der Waals surface area (Å²) in [7, 11) is 0. The predicted molar refractivity (Wildman–Crippen MR) is 55.2 cm³/mol. The van der Waals surface area contributed by atoms with Crippen molar-refractivity contribution in [3.8, 4) is 0 Å². The van der Waals surface area contributed by atoms with Gasteiger partial charge in [-0.25, -0.2) is 4.79 Å². The van der Waals surface area contributed by atoms with Crippen LogP contribution in [0, 0.1) is 0 Å². The number of thiocarbonyl (C=S) groups is 1. The average molecular weight is 195 g/mol. The Morgan fingerprint density at radius 1 is 1.54 bits per heavy atom. The van der Waals surface area contributed by atoms with Crippen molar-refractivity contribution in [2.24, 2.45) is 0 Å². The lowest BCUT2D eigenvalue weighted by molar-refractivity contribution is 0.0698. The summed E-state index contributed by atoms with van der Waals surface area (Å²) in [5, 5.41) is 8.68. The van der Waals surface area contributed by atoms with Gasteiger partial charge >= 0.3 is 5.97 Å². The number of aromatic carboxylic acids is 1. The number of carboxylic acid groups (broad SMARTS) is 1. The monoisotopic (exact) mass is 195 g/mol. The first-order chi connectivity index (χ1) is 6.02. The molecule has 68 valence electrons. The summed E-state index contributed by atoms with van der Waals surface area (Å²) in [6, 6.07) is 4.69. The van der Waals surface area contributed by atoms with Crippen LogP contribution in [-0.4, -0.2) is 15.9 Å². The lowest BCUT2D eigenvalue weighted by Gasteiger charge is -2.03.